The van der Waals surface area contributed by atoms with E-state index in [9.17, 15) is 19.3 Å². The molecule has 0 unspecified atom stereocenters. The van der Waals surface area contributed by atoms with E-state index in [0.29, 0.717) is 18.5 Å². The SMILES string of the molecule is CN(C(=O)C1(c2ccc([N+](=O)[O-])cc2)CC1)c1ccc(F)cc1. The molecule has 5 nitrogen and oxygen atoms in total. The van der Waals surface area contributed by atoms with Crippen LogP contribution < -0.4 is 4.90 Å². The van der Waals surface area contributed by atoms with Crippen molar-refractivity contribution in [2.75, 3.05) is 11.9 Å². The van der Waals surface area contributed by atoms with Gasteiger partial charge in [-0.15, -0.1) is 0 Å². The molecule has 0 aromatic heterocycles. The van der Waals surface area contributed by atoms with E-state index in [1.807, 2.05) is 0 Å². The van der Waals surface area contributed by atoms with Crippen molar-refractivity contribution in [1.82, 2.24) is 0 Å². The second kappa shape index (κ2) is 5.46. The van der Waals surface area contributed by atoms with Gasteiger partial charge in [-0.25, -0.2) is 4.39 Å². The number of nitrogens with zero attached hydrogens (tertiary/aromatic N) is 2. The first-order valence-corrected chi connectivity index (χ1v) is 7.23. The molecule has 0 N–H and O–H groups in total. The molecule has 0 atom stereocenters. The summed E-state index contributed by atoms with van der Waals surface area (Å²) in [6.45, 7) is 0. The van der Waals surface area contributed by atoms with Gasteiger partial charge in [-0.05, 0) is 42.7 Å². The van der Waals surface area contributed by atoms with Gasteiger partial charge in [0.25, 0.3) is 5.69 Å². The molecular formula is C17H15FN2O3. The average molecular weight is 314 g/mol. The Kier molecular flexibility index (Phi) is 3.60. The quantitative estimate of drug-likeness (QED) is 0.641. The van der Waals surface area contributed by atoms with Gasteiger partial charge in [-0.3, -0.25) is 14.9 Å². The van der Waals surface area contributed by atoms with Crippen LogP contribution in [0.2, 0.25) is 0 Å². The smallest absolute Gasteiger partial charge is 0.269 e. The lowest BCUT2D eigenvalue weighted by molar-refractivity contribution is -0.384. The molecule has 0 aliphatic heterocycles. The number of anilines is 1. The fourth-order valence-electron chi connectivity index (χ4n) is 2.76. The van der Waals surface area contributed by atoms with Gasteiger partial charge in [-0.1, -0.05) is 12.1 Å². The number of amides is 1. The molecule has 0 heterocycles. The largest absolute Gasteiger partial charge is 0.315 e. The Morgan fingerprint density at radius 3 is 2.17 bits per heavy atom. The lowest BCUT2D eigenvalue weighted by Crippen LogP contribution is -2.36. The van der Waals surface area contributed by atoms with Crippen molar-refractivity contribution < 1.29 is 14.1 Å². The minimum Gasteiger partial charge on any atom is -0.315 e. The molecule has 0 spiro atoms. The highest BCUT2D eigenvalue weighted by Gasteiger charge is 2.52. The molecule has 1 amide bonds. The zero-order chi connectivity index (χ0) is 16.6. The lowest BCUT2D eigenvalue weighted by Gasteiger charge is -2.24. The molecule has 1 aliphatic carbocycles. The second-order valence-corrected chi connectivity index (χ2v) is 5.73. The number of hydrogen-bond acceptors (Lipinski definition) is 3. The van der Waals surface area contributed by atoms with Crippen LogP contribution in [-0.4, -0.2) is 17.9 Å². The van der Waals surface area contributed by atoms with E-state index in [1.54, 1.807) is 31.3 Å². The van der Waals surface area contributed by atoms with Crippen LogP contribution in [0.25, 0.3) is 0 Å². The fourth-order valence-corrected chi connectivity index (χ4v) is 2.76. The van der Waals surface area contributed by atoms with Gasteiger partial charge in [0.1, 0.15) is 5.82 Å². The van der Waals surface area contributed by atoms with Gasteiger partial charge in [0, 0.05) is 24.9 Å². The monoisotopic (exact) mass is 314 g/mol. The normalized spacial score (nSPS) is 15.0. The molecule has 1 aliphatic rings. The number of benzene rings is 2. The summed E-state index contributed by atoms with van der Waals surface area (Å²) >= 11 is 0. The summed E-state index contributed by atoms with van der Waals surface area (Å²) in [6, 6.07) is 11.8. The lowest BCUT2D eigenvalue weighted by atomic mass is 9.94. The number of non-ortho nitro benzene ring substituents is 1. The van der Waals surface area contributed by atoms with Gasteiger partial charge in [-0.2, -0.15) is 0 Å². The first-order chi connectivity index (χ1) is 10.9. The van der Waals surface area contributed by atoms with Crippen LogP contribution in [0.5, 0.6) is 0 Å². The van der Waals surface area contributed by atoms with E-state index in [0.717, 1.165) is 5.56 Å². The third-order valence-corrected chi connectivity index (χ3v) is 4.31. The van der Waals surface area contributed by atoms with E-state index in [1.165, 1.54) is 29.2 Å². The standard InChI is InChI=1S/C17H15FN2O3/c1-19(14-8-4-13(18)5-9-14)16(21)17(10-11-17)12-2-6-15(7-3-12)20(22)23/h2-9H,10-11H2,1H3. The van der Waals surface area contributed by atoms with Crippen LogP contribution in [0.3, 0.4) is 0 Å². The molecule has 3 rings (SSSR count). The molecule has 0 bridgehead atoms. The van der Waals surface area contributed by atoms with E-state index in [4.69, 9.17) is 0 Å². The van der Waals surface area contributed by atoms with E-state index in [-0.39, 0.29) is 17.4 Å². The Bertz CT molecular complexity index is 752. The molecule has 118 valence electrons. The van der Waals surface area contributed by atoms with Crippen LogP contribution in [0.4, 0.5) is 15.8 Å². The Labute approximate surface area is 132 Å². The molecule has 1 saturated carbocycles. The zero-order valence-electron chi connectivity index (χ0n) is 12.5. The van der Waals surface area contributed by atoms with Crippen molar-refractivity contribution in [3.05, 3.63) is 70.0 Å². The summed E-state index contributed by atoms with van der Waals surface area (Å²) < 4.78 is 13.0. The third-order valence-electron chi connectivity index (χ3n) is 4.31. The molecule has 0 saturated heterocycles. The van der Waals surface area contributed by atoms with Crippen molar-refractivity contribution in [2.45, 2.75) is 18.3 Å². The summed E-state index contributed by atoms with van der Waals surface area (Å²) in [5, 5.41) is 10.7. The first kappa shape index (κ1) is 15.1. The number of halogens is 1. The maximum atomic E-state index is 13.0. The molecule has 2 aromatic carbocycles. The molecule has 0 radical (unpaired) electrons. The number of hydrogen-bond donors (Lipinski definition) is 0. The van der Waals surface area contributed by atoms with Gasteiger partial charge >= 0.3 is 0 Å². The maximum Gasteiger partial charge on any atom is 0.269 e. The average Bonchev–Trinajstić information content (AvgIpc) is 3.36. The third kappa shape index (κ3) is 2.67. The van der Waals surface area contributed by atoms with E-state index >= 15 is 0 Å². The fraction of sp³-hybridized carbons (Fsp3) is 0.235. The van der Waals surface area contributed by atoms with E-state index < -0.39 is 10.3 Å². The summed E-state index contributed by atoms with van der Waals surface area (Å²) in [4.78, 5) is 24.6. The van der Waals surface area contributed by atoms with Crippen molar-refractivity contribution in [3.8, 4) is 0 Å². The van der Waals surface area contributed by atoms with Crippen molar-refractivity contribution in [1.29, 1.82) is 0 Å². The molecular weight excluding hydrogens is 299 g/mol. The molecule has 6 heteroatoms. The van der Waals surface area contributed by atoms with E-state index in [2.05, 4.69) is 0 Å². The van der Waals surface area contributed by atoms with Gasteiger partial charge in [0.15, 0.2) is 0 Å². The van der Waals surface area contributed by atoms with Crippen molar-refractivity contribution in [2.24, 2.45) is 0 Å². The summed E-state index contributed by atoms with van der Waals surface area (Å²) in [7, 11) is 1.65. The number of carbonyl (C=O) groups is 1. The maximum absolute atomic E-state index is 13.0. The Hall–Kier alpha value is -2.76. The number of likely N-dealkylation sites (N-methyl/N-ethyl adjacent to an activating group) is 1. The number of nitro groups is 1. The van der Waals surface area contributed by atoms with Crippen LogP contribution in [0, 0.1) is 15.9 Å². The predicted octanol–water partition coefficient (Wildman–Crippen LogP) is 3.43. The van der Waals surface area contributed by atoms with Crippen molar-refractivity contribution in [3.63, 3.8) is 0 Å². The minimum absolute atomic E-state index is 0.00360. The van der Waals surface area contributed by atoms with Crippen LogP contribution in [0.15, 0.2) is 48.5 Å². The molecule has 23 heavy (non-hydrogen) atoms. The summed E-state index contributed by atoms with van der Waals surface area (Å²) in [5.74, 6) is -0.441. The molecule has 1 fully saturated rings. The van der Waals surface area contributed by atoms with Crippen molar-refractivity contribution >= 4 is 17.3 Å². The Morgan fingerprint density at radius 2 is 1.70 bits per heavy atom. The number of carbonyl (C=O) groups excluding carboxylic acids is 1. The predicted molar refractivity (Wildman–Crippen MR) is 83.8 cm³/mol. The van der Waals surface area contributed by atoms with Crippen LogP contribution >= 0.6 is 0 Å². The summed E-state index contributed by atoms with van der Waals surface area (Å²) in [5.41, 5.74) is 0.772. The summed E-state index contributed by atoms with van der Waals surface area (Å²) in [6.07, 6.45) is 1.41. The first-order valence-electron chi connectivity index (χ1n) is 7.23. The minimum atomic E-state index is -0.627. The number of rotatable bonds is 4. The highest BCUT2D eigenvalue weighted by molar-refractivity contribution is 6.02. The Balaban J connectivity index is 1.86. The highest BCUT2D eigenvalue weighted by Crippen LogP contribution is 2.50. The number of nitro benzene ring substituents is 1. The van der Waals surface area contributed by atoms with Crippen LogP contribution in [-0.2, 0) is 10.2 Å². The van der Waals surface area contributed by atoms with Gasteiger partial charge < -0.3 is 4.90 Å². The second-order valence-electron chi connectivity index (χ2n) is 5.73. The Morgan fingerprint density at radius 1 is 1.13 bits per heavy atom. The van der Waals surface area contributed by atoms with Gasteiger partial charge in [0.2, 0.25) is 5.91 Å². The molecule has 2 aromatic rings. The zero-order valence-corrected chi connectivity index (χ0v) is 12.5. The van der Waals surface area contributed by atoms with Crippen LogP contribution in [0.1, 0.15) is 18.4 Å². The van der Waals surface area contributed by atoms with Gasteiger partial charge in [0.05, 0.1) is 10.3 Å². The topological polar surface area (TPSA) is 63.5 Å². The highest BCUT2D eigenvalue weighted by atomic mass is 19.1.